The number of rotatable bonds is 62. The Morgan fingerprint density at radius 2 is 1.14 bits per heavy atom. The number of para-hydroxylation sites is 1. The van der Waals surface area contributed by atoms with Crippen LogP contribution in [0, 0.1) is 17.8 Å². The summed E-state index contributed by atoms with van der Waals surface area (Å²) in [5.41, 5.74) is 18.4. The van der Waals surface area contributed by atoms with Gasteiger partial charge in [0, 0.05) is 92.8 Å². The van der Waals surface area contributed by atoms with E-state index in [1.165, 1.54) is 6.92 Å². The van der Waals surface area contributed by atoms with Crippen molar-refractivity contribution in [2.75, 3.05) is 149 Å². The van der Waals surface area contributed by atoms with Crippen LogP contribution in [0.2, 0.25) is 0 Å². The fourth-order valence-electron chi connectivity index (χ4n) is 12.7. The molecule has 8 amide bonds. The molecule has 4 atom stereocenters. The predicted molar refractivity (Wildman–Crippen MR) is 446 cm³/mol. The third-order valence-electron chi connectivity index (χ3n) is 19.0. The Bertz CT molecular complexity index is 3600. The number of carbonyl (C=O) groups excluding carboxylic acids is 10. The molecule has 118 heavy (non-hydrogen) atoms. The predicted octanol–water partition coefficient (Wildman–Crippen LogP) is 5.11. The molecule has 5 rings (SSSR count). The number of urea groups is 1. The SMILES string of the molecule is CC(=O)CCOCCOCCOCCOCCN/C1=C(\NN)C(OCC(=O)NCCCC[C@@H](NC(=O)CCOCCOCCOCCOCCNC(=O)CCC(=O)N2Cc3ccccc3/C(NC(C)C)=C(/NN)c3ccccc32)C(=O)N[C@H](C(=O)C[C@@H](CCCNC(N)=O)C(=O)Nc2ccc(COC(=O)C(C)C)cc2)C(C)C)CCCCC1. The molecule has 1 aliphatic heterocycles. The molecule has 1 heterocycles. The van der Waals surface area contributed by atoms with E-state index in [4.69, 9.17) is 64.8 Å². The molecule has 3 aromatic carbocycles. The van der Waals surface area contributed by atoms with E-state index in [0.717, 1.165) is 47.3 Å². The van der Waals surface area contributed by atoms with Crippen LogP contribution in [0.4, 0.5) is 16.2 Å². The smallest absolute Gasteiger partial charge is 0.312 e. The molecule has 34 heteroatoms. The van der Waals surface area contributed by atoms with Crippen molar-refractivity contribution in [3.63, 3.8) is 0 Å². The largest absolute Gasteiger partial charge is 0.461 e. The number of ether oxygens (including phenoxy) is 10. The summed E-state index contributed by atoms with van der Waals surface area (Å²) in [6, 6.07) is 19.2. The first-order valence-corrected chi connectivity index (χ1v) is 41.4. The zero-order valence-electron chi connectivity index (χ0n) is 70.2. The van der Waals surface area contributed by atoms with Gasteiger partial charge in [0.15, 0.2) is 5.78 Å². The average molecular weight is 1660 g/mol. The van der Waals surface area contributed by atoms with Crippen molar-refractivity contribution in [2.24, 2.45) is 35.2 Å². The van der Waals surface area contributed by atoms with E-state index in [1.54, 1.807) is 56.9 Å². The molecule has 1 aliphatic carbocycles. The molecule has 0 saturated heterocycles. The molecule has 3 aromatic rings. The number of nitrogens with zero attached hydrogens (tertiary/aromatic N) is 1. The van der Waals surface area contributed by atoms with Crippen LogP contribution in [-0.4, -0.2) is 222 Å². The number of nitrogens with one attached hydrogen (secondary N) is 10. The van der Waals surface area contributed by atoms with Crippen molar-refractivity contribution >= 4 is 81.8 Å². The van der Waals surface area contributed by atoms with E-state index in [9.17, 15) is 47.9 Å². The number of hydrogen-bond acceptors (Lipinski definition) is 26. The first-order chi connectivity index (χ1) is 57.0. The number of hydrogen-bond donors (Lipinski definition) is 13. The molecule has 0 aromatic heterocycles. The van der Waals surface area contributed by atoms with Gasteiger partial charge in [-0.25, -0.2) is 4.79 Å². The quantitative estimate of drug-likeness (QED) is 0.0151. The van der Waals surface area contributed by atoms with E-state index in [2.05, 4.69) is 53.4 Å². The molecule has 0 radical (unpaired) electrons. The maximum absolute atomic E-state index is 14.4. The highest BCUT2D eigenvalue weighted by molar-refractivity contribution is 6.02. The summed E-state index contributed by atoms with van der Waals surface area (Å²) in [6.45, 7) is 18.6. The van der Waals surface area contributed by atoms with Gasteiger partial charge in [0.1, 0.15) is 31.1 Å². The van der Waals surface area contributed by atoms with Crippen LogP contribution in [0.15, 0.2) is 84.2 Å². The van der Waals surface area contributed by atoms with Gasteiger partial charge in [-0.05, 0) is 107 Å². The van der Waals surface area contributed by atoms with Gasteiger partial charge in [0.05, 0.1) is 147 Å². The number of anilines is 2. The van der Waals surface area contributed by atoms with Crippen LogP contribution >= 0.6 is 0 Å². The van der Waals surface area contributed by atoms with E-state index >= 15 is 0 Å². The number of amides is 8. The number of Topliss-reactive ketones (excluding diaryl/α,β-unsaturated/α-hetero) is 2. The Hall–Kier alpha value is -9.20. The van der Waals surface area contributed by atoms with Gasteiger partial charge in [-0.1, -0.05) is 95.1 Å². The number of esters is 1. The van der Waals surface area contributed by atoms with Gasteiger partial charge >= 0.3 is 12.0 Å². The number of ketones is 2. The number of benzene rings is 3. The fraction of sp³-hybridized carbons (Fsp3) is 0.619. The van der Waals surface area contributed by atoms with Crippen LogP contribution in [0.25, 0.3) is 11.4 Å². The lowest BCUT2D eigenvalue weighted by molar-refractivity contribution is -0.148. The van der Waals surface area contributed by atoms with Crippen molar-refractivity contribution in [1.29, 1.82) is 0 Å². The molecule has 16 N–H and O–H groups in total. The highest BCUT2D eigenvalue weighted by atomic mass is 16.6. The summed E-state index contributed by atoms with van der Waals surface area (Å²) in [6.07, 6.45) is 4.89. The second kappa shape index (κ2) is 58.6. The standard InChI is InChI=1S/C84H132N14O20/c1-58(2)77(71(100)54-63(19-17-35-91-84(85)108)81(105)93-65-28-26-62(27-29-65)56-118-83(107)59(3)4)95-82(106)69(23-15-16-34-89-75(103)57-117-72-25-10-8-9-22-68(80(72)97-87)88-36-40-111-44-48-115-52-50-113-46-42-109-38-32-61(7)99)94-74(102)33-39-110-43-47-114-51-53-116-49-45-112-41-37-90-73(101)30-31-76(104)98-55-64-18-11-12-20-66(64)78(92-60(5)6)79(96-86)67-21-13-14-24-70(67)98/h11-14,18,20-21,24,26-29,58-60,63,69,72,77,88,92,96-97H,8-10,15-17,19,22-23,25,30-57,86-87H2,1-7H3,(H,89,103)(H,90,101)(H,93,105)(H,94,102)(H,95,106)(H3,85,91,108)/b79-78-,80-68-/t63-,69-,72?,77+/m1/s1. The fourth-order valence-corrected chi connectivity index (χ4v) is 12.7. The number of nitrogens with two attached hydrogens (primary N) is 3. The molecule has 0 spiro atoms. The monoisotopic (exact) mass is 1660 g/mol. The van der Waals surface area contributed by atoms with Gasteiger partial charge in [-0.3, -0.25) is 54.8 Å². The Balaban J connectivity index is 1.06. The summed E-state index contributed by atoms with van der Waals surface area (Å²) in [5.74, 6) is 7.40. The van der Waals surface area contributed by atoms with Gasteiger partial charge in [-0.2, -0.15) is 0 Å². The lowest BCUT2D eigenvalue weighted by atomic mass is 9.89. The van der Waals surface area contributed by atoms with E-state index < -0.39 is 59.6 Å². The Labute approximate surface area is 694 Å². The number of carbonyl (C=O) groups is 10. The van der Waals surface area contributed by atoms with Gasteiger partial charge in [-0.15, -0.1) is 0 Å². The van der Waals surface area contributed by atoms with Crippen molar-refractivity contribution in [3.8, 4) is 0 Å². The number of allylic oxidation sites excluding steroid dienone is 1. The minimum atomic E-state index is -1.13. The summed E-state index contributed by atoms with van der Waals surface area (Å²) < 4.78 is 56.4. The first kappa shape index (κ1) is 99.4. The summed E-state index contributed by atoms with van der Waals surface area (Å²) in [5, 5.41) is 23.8. The van der Waals surface area contributed by atoms with Gasteiger partial charge in [0.25, 0.3) is 0 Å². The zero-order chi connectivity index (χ0) is 85.7. The van der Waals surface area contributed by atoms with Crippen LogP contribution in [0.1, 0.15) is 167 Å². The number of unbranched alkanes of at least 4 members (excludes halogenated alkanes) is 1. The molecular weight excluding hydrogens is 1530 g/mol. The minimum absolute atomic E-state index is 0.00798. The van der Waals surface area contributed by atoms with E-state index in [1.807, 2.05) is 62.4 Å². The highest BCUT2D eigenvalue weighted by Gasteiger charge is 2.33. The van der Waals surface area contributed by atoms with Crippen LogP contribution in [-0.2, 0) is 104 Å². The number of fused-ring (bicyclic) bond motifs is 2. The molecular formula is C84H132N14O20. The topological polar surface area (TPSA) is 465 Å². The second-order valence-electron chi connectivity index (χ2n) is 29.6. The van der Waals surface area contributed by atoms with Crippen LogP contribution in [0.3, 0.4) is 0 Å². The second-order valence-corrected chi connectivity index (χ2v) is 29.6. The summed E-state index contributed by atoms with van der Waals surface area (Å²) >= 11 is 0. The van der Waals surface area contributed by atoms with Gasteiger partial charge < -0.3 is 111 Å². The maximum Gasteiger partial charge on any atom is 0.312 e. The summed E-state index contributed by atoms with van der Waals surface area (Å²) in [7, 11) is 0. The average Bonchev–Trinajstić information content (AvgIpc) is 0.769. The van der Waals surface area contributed by atoms with Gasteiger partial charge in [0.2, 0.25) is 35.4 Å². The zero-order valence-corrected chi connectivity index (χ0v) is 70.2. The van der Waals surface area contributed by atoms with Crippen molar-refractivity contribution in [2.45, 2.75) is 182 Å². The Kier molecular flexibility index (Phi) is 49.4. The normalized spacial score (nSPS) is 15.5. The van der Waals surface area contributed by atoms with Crippen LogP contribution in [0.5, 0.6) is 0 Å². The number of hydrazine groups is 2. The molecule has 0 bridgehead atoms. The first-order valence-electron chi connectivity index (χ1n) is 41.4. The number of primary amides is 1. The molecule has 658 valence electrons. The molecule has 0 saturated carbocycles. The lowest BCUT2D eigenvalue weighted by Gasteiger charge is -2.31. The van der Waals surface area contributed by atoms with Crippen molar-refractivity contribution in [1.82, 2.24) is 48.1 Å². The maximum atomic E-state index is 14.4. The lowest BCUT2D eigenvalue weighted by Crippen LogP contribution is -2.53. The molecule has 2 aliphatic rings. The molecule has 1 unspecified atom stereocenters. The third-order valence-corrected chi connectivity index (χ3v) is 19.0. The van der Waals surface area contributed by atoms with E-state index in [0.29, 0.717) is 133 Å². The van der Waals surface area contributed by atoms with Crippen molar-refractivity contribution in [3.05, 3.63) is 106 Å². The minimum Gasteiger partial charge on any atom is -0.461 e. The Morgan fingerprint density at radius 3 is 1.75 bits per heavy atom. The Morgan fingerprint density at radius 1 is 0.542 bits per heavy atom. The van der Waals surface area contributed by atoms with Crippen molar-refractivity contribution < 1.29 is 95.3 Å². The highest BCUT2D eigenvalue weighted by Crippen LogP contribution is 2.36. The summed E-state index contributed by atoms with van der Waals surface area (Å²) in [4.78, 5) is 133. The molecule has 34 nitrogen and oxygen atoms in total. The molecule has 0 fully saturated rings. The third kappa shape index (κ3) is 40.0. The van der Waals surface area contributed by atoms with Crippen LogP contribution < -0.4 is 75.7 Å². The van der Waals surface area contributed by atoms with E-state index in [-0.39, 0.29) is 166 Å².